The van der Waals surface area contributed by atoms with Crippen LogP contribution in [-0.2, 0) is 19.6 Å². The lowest BCUT2D eigenvalue weighted by molar-refractivity contribution is -0.141. The van der Waals surface area contributed by atoms with Gasteiger partial charge >= 0.3 is 5.97 Å². The Morgan fingerprint density at radius 1 is 1.42 bits per heavy atom. The molecule has 1 N–H and O–H groups in total. The van der Waals surface area contributed by atoms with Gasteiger partial charge in [-0.2, -0.15) is 4.31 Å². The second-order valence-corrected chi connectivity index (χ2v) is 6.11. The van der Waals surface area contributed by atoms with E-state index >= 15 is 0 Å². The van der Waals surface area contributed by atoms with Crippen LogP contribution in [0, 0.1) is 0 Å². The summed E-state index contributed by atoms with van der Waals surface area (Å²) >= 11 is 0. The van der Waals surface area contributed by atoms with Crippen LogP contribution in [0.2, 0.25) is 0 Å². The van der Waals surface area contributed by atoms with Gasteiger partial charge < -0.3 is 9.84 Å². The van der Waals surface area contributed by atoms with E-state index < -0.39 is 22.0 Å². The van der Waals surface area contributed by atoms with E-state index in [0.717, 1.165) is 10.4 Å². The summed E-state index contributed by atoms with van der Waals surface area (Å²) in [5.74, 6) is -0.791. The number of esters is 1. The number of sulfonamides is 1. The number of hydrogen-bond acceptors (Lipinski definition) is 5. The average molecular weight is 287 g/mol. The van der Waals surface area contributed by atoms with Gasteiger partial charge in [0.25, 0.3) is 0 Å². The molecule has 0 aliphatic carbocycles. The number of hydrogen-bond donors (Lipinski definition) is 1. The van der Waals surface area contributed by atoms with Gasteiger partial charge in [0.15, 0.2) is 0 Å². The third kappa shape index (κ3) is 3.68. The van der Waals surface area contributed by atoms with Gasteiger partial charge in [-0.1, -0.05) is 6.07 Å². The summed E-state index contributed by atoms with van der Waals surface area (Å²) in [6.45, 7) is 2.94. The van der Waals surface area contributed by atoms with E-state index in [1.165, 1.54) is 25.3 Å². The predicted octanol–water partition coefficient (Wildman–Crippen LogP) is 0.964. The van der Waals surface area contributed by atoms with Crippen molar-refractivity contribution < 1.29 is 23.1 Å². The smallest absolute Gasteiger partial charge is 0.321 e. The third-order valence-corrected chi connectivity index (χ3v) is 4.53. The number of phenolic OH excluding ortho intramolecular Hbond substituents is 1. The second kappa shape index (κ2) is 6.03. The number of rotatable bonds is 5. The van der Waals surface area contributed by atoms with Crippen LogP contribution >= 0.6 is 0 Å². The molecule has 1 rings (SSSR count). The van der Waals surface area contributed by atoms with E-state index in [1.807, 2.05) is 0 Å². The van der Waals surface area contributed by atoms with Crippen molar-refractivity contribution >= 4 is 16.0 Å². The van der Waals surface area contributed by atoms with Crippen LogP contribution in [0.15, 0.2) is 29.2 Å². The van der Waals surface area contributed by atoms with Crippen LogP contribution in [0.3, 0.4) is 0 Å². The molecule has 0 saturated heterocycles. The molecule has 0 aromatic heterocycles. The molecule has 0 spiro atoms. The van der Waals surface area contributed by atoms with Crippen LogP contribution < -0.4 is 0 Å². The molecule has 0 unspecified atom stereocenters. The summed E-state index contributed by atoms with van der Waals surface area (Å²) in [7, 11) is -2.66. The van der Waals surface area contributed by atoms with Crippen LogP contribution in [0.25, 0.3) is 0 Å². The van der Waals surface area contributed by atoms with E-state index in [4.69, 9.17) is 0 Å². The van der Waals surface area contributed by atoms with Gasteiger partial charge in [-0.15, -0.1) is 0 Å². The number of aromatic hydroxyl groups is 1. The lowest BCUT2D eigenvalue weighted by Gasteiger charge is -2.24. The molecule has 0 atom stereocenters. The van der Waals surface area contributed by atoms with Crippen LogP contribution in [0.5, 0.6) is 5.75 Å². The minimum absolute atomic E-state index is 0.0647. The van der Waals surface area contributed by atoms with Gasteiger partial charge in [0, 0.05) is 6.04 Å². The lowest BCUT2D eigenvalue weighted by atomic mass is 10.3. The lowest BCUT2D eigenvalue weighted by Crippen LogP contribution is -2.40. The molecule has 6 nitrogen and oxygen atoms in total. The molecule has 1 aromatic carbocycles. The number of methoxy groups -OCH3 is 1. The first kappa shape index (κ1) is 15.5. The maximum absolute atomic E-state index is 12.4. The summed E-state index contributed by atoms with van der Waals surface area (Å²) in [5, 5.41) is 9.35. The minimum Gasteiger partial charge on any atom is -0.508 e. The highest BCUT2D eigenvalue weighted by Crippen LogP contribution is 2.21. The fourth-order valence-electron chi connectivity index (χ4n) is 1.52. The van der Waals surface area contributed by atoms with E-state index in [-0.39, 0.29) is 17.2 Å². The molecule has 0 amide bonds. The Morgan fingerprint density at radius 3 is 2.53 bits per heavy atom. The quantitative estimate of drug-likeness (QED) is 0.816. The first-order valence-electron chi connectivity index (χ1n) is 5.66. The van der Waals surface area contributed by atoms with E-state index in [2.05, 4.69) is 4.74 Å². The molecule has 0 aliphatic rings. The first-order chi connectivity index (χ1) is 8.78. The number of benzene rings is 1. The Hall–Kier alpha value is -1.60. The topological polar surface area (TPSA) is 83.9 Å². The number of carbonyl (C=O) groups excluding carboxylic acids is 1. The third-order valence-electron chi connectivity index (χ3n) is 2.51. The van der Waals surface area contributed by atoms with Crippen LogP contribution in [-0.4, -0.2) is 43.5 Å². The molecule has 0 bridgehead atoms. The molecule has 0 heterocycles. The van der Waals surface area contributed by atoms with Gasteiger partial charge in [0.1, 0.15) is 12.3 Å². The Kier molecular flexibility index (Phi) is 4.90. The van der Waals surface area contributed by atoms with Crippen molar-refractivity contribution in [2.24, 2.45) is 0 Å². The molecule has 0 fully saturated rings. The fourth-order valence-corrected chi connectivity index (χ4v) is 3.14. The summed E-state index contributed by atoms with van der Waals surface area (Å²) in [6.07, 6.45) is 0. The molecule has 106 valence electrons. The zero-order chi connectivity index (χ0) is 14.6. The average Bonchev–Trinajstić information content (AvgIpc) is 2.34. The zero-order valence-corrected chi connectivity index (χ0v) is 11.8. The zero-order valence-electron chi connectivity index (χ0n) is 11.0. The number of carbonyl (C=O) groups is 1. The summed E-state index contributed by atoms with van der Waals surface area (Å²) in [6, 6.07) is 4.90. The van der Waals surface area contributed by atoms with E-state index in [9.17, 15) is 18.3 Å². The van der Waals surface area contributed by atoms with Crippen molar-refractivity contribution in [2.75, 3.05) is 13.7 Å². The maximum atomic E-state index is 12.4. The molecular weight excluding hydrogens is 270 g/mol. The van der Waals surface area contributed by atoms with E-state index in [0.29, 0.717) is 0 Å². The van der Waals surface area contributed by atoms with Gasteiger partial charge in [0.2, 0.25) is 10.0 Å². The standard InChI is InChI=1S/C12H17NO5S/c1-9(2)13(8-12(15)18-3)19(16,17)11-6-4-5-10(14)7-11/h4-7,9,14H,8H2,1-3H3. The molecule has 0 aliphatic heterocycles. The Morgan fingerprint density at radius 2 is 2.05 bits per heavy atom. The maximum Gasteiger partial charge on any atom is 0.321 e. The van der Waals surface area contributed by atoms with Crippen molar-refractivity contribution in [3.05, 3.63) is 24.3 Å². The highest BCUT2D eigenvalue weighted by atomic mass is 32.2. The molecule has 19 heavy (non-hydrogen) atoms. The molecule has 7 heteroatoms. The monoisotopic (exact) mass is 287 g/mol. The molecular formula is C12H17NO5S. The SMILES string of the molecule is COC(=O)CN(C(C)C)S(=O)(=O)c1cccc(O)c1. The summed E-state index contributed by atoms with van der Waals surface area (Å²) in [4.78, 5) is 11.2. The number of ether oxygens (including phenoxy) is 1. The largest absolute Gasteiger partial charge is 0.508 e. The summed E-state index contributed by atoms with van der Waals surface area (Å²) in [5.41, 5.74) is 0. The second-order valence-electron chi connectivity index (χ2n) is 4.22. The van der Waals surface area contributed by atoms with Crippen LogP contribution in [0.1, 0.15) is 13.8 Å². The Balaban J connectivity index is 3.17. The van der Waals surface area contributed by atoms with Crippen LogP contribution in [0.4, 0.5) is 0 Å². The predicted molar refractivity (Wildman–Crippen MR) is 69.2 cm³/mol. The normalized spacial score (nSPS) is 11.8. The molecule has 1 aromatic rings. The highest BCUT2D eigenvalue weighted by Gasteiger charge is 2.29. The number of nitrogens with zero attached hydrogens (tertiary/aromatic N) is 1. The number of phenols is 1. The van der Waals surface area contributed by atoms with Crippen molar-refractivity contribution in [1.82, 2.24) is 4.31 Å². The molecule has 0 radical (unpaired) electrons. The Labute approximate surface area is 112 Å². The van der Waals surface area contributed by atoms with Gasteiger partial charge in [-0.3, -0.25) is 4.79 Å². The fraction of sp³-hybridized carbons (Fsp3) is 0.417. The minimum atomic E-state index is -3.86. The van der Waals surface area contributed by atoms with Gasteiger partial charge in [0.05, 0.1) is 12.0 Å². The Bertz CT molecular complexity index is 553. The van der Waals surface area contributed by atoms with Gasteiger partial charge in [-0.05, 0) is 32.0 Å². The molecule has 0 saturated carbocycles. The highest BCUT2D eigenvalue weighted by molar-refractivity contribution is 7.89. The van der Waals surface area contributed by atoms with Gasteiger partial charge in [-0.25, -0.2) is 8.42 Å². The van der Waals surface area contributed by atoms with E-state index in [1.54, 1.807) is 13.8 Å². The first-order valence-corrected chi connectivity index (χ1v) is 7.10. The van der Waals surface area contributed by atoms with Crippen molar-refractivity contribution in [3.8, 4) is 5.75 Å². The van der Waals surface area contributed by atoms with Crippen molar-refractivity contribution in [1.29, 1.82) is 0 Å². The van der Waals surface area contributed by atoms with Crippen molar-refractivity contribution in [3.63, 3.8) is 0 Å². The van der Waals surface area contributed by atoms with Crippen molar-refractivity contribution in [2.45, 2.75) is 24.8 Å². The summed E-state index contributed by atoms with van der Waals surface area (Å²) < 4.78 is 30.3.